The number of aliphatic hydroxyl groups is 1. The van der Waals surface area contributed by atoms with Crippen LogP contribution in [0.25, 0.3) is 0 Å². The van der Waals surface area contributed by atoms with Crippen molar-refractivity contribution in [3.05, 3.63) is 0 Å². The zero-order chi connectivity index (χ0) is 12.8. The molecule has 0 radical (unpaired) electrons. The Kier molecular flexibility index (Phi) is 5.93. The van der Waals surface area contributed by atoms with Gasteiger partial charge in [-0.2, -0.15) is 0 Å². The number of aliphatic hydroxyl groups excluding tert-OH is 1. The number of hydrogen-bond donors (Lipinski definition) is 1. The molecule has 18 heavy (non-hydrogen) atoms. The summed E-state index contributed by atoms with van der Waals surface area (Å²) >= 11 is 0. The van der Waals surface area contributed by atoms with Crippen LogP contribution in [0.5, 0.6) is 0 Å². The molecule has 3 nitrogen and oxygen atoms in total. The van der Waals surface area contributed by atoms with E-state index in [1.165, 1.54) is 32.1 Å². The molecule has 0 aromatic rings. The lowest BCUT2D eigenvalue weighted by molar-refractivity contribution is 0.145. The monoisotopic (exact) mass is 256 g/mol. The van der Waals surface area contributed by atoms with E-state index in [2.05, 4.69) is 6.92 Å². The molecule has 0 aromatic carbocycles. The molecule has 2 aliphatic heterocycles. The van der Waals surface area contributed by atoms with Gasteiger partial charge in [0.05, 0.1) is 31.5 Å². The third kappa shape index (κ3) is 5.25. The van der Waals surface area contributed by atoms with E-state index in [0.29, 0.717) is 18.1 Å². The molecule has 0 aromatic heterocycles. The van der Waals surface area contributed by atoms with Crippen molar-refractivity contribution in [2.24, 2.45) is 5.92 Å². The van der Waals surface area contributed by atoms with Crippen LogP contribution in [-0.4, -0.2) is 36.6 Å². The molecule has 0 saturated carbocycles. The summed E-state index contributed by atoms with van der Waals surface area (Å²) in [4.78, 5) is 0. The van der Waals surface area contributed by atoms with Gasteiger partial charge >= 0.3 is 0 Å². The van der Waals surface area contributed by atoms with Gasteiger partial charge in [-0.05, 0) is 19.3 Å². The number of unbranched alkanes of at least 4 members (excludes halogenated alkanes) is 3. The molecule has 2 saturated heterocycles. The van der Waals surface area contributed by atoms with Gasteiger partial charge < -0.3 is 14.6 Å². The molecular weight excluding hydrogens is 228 g/mol. The third-order valence-corrected chi connectivity index (χ3v) is 4.14. The number of hydrogen-bond acceptors (Lipinski definition) is 3. The highest BCUT2D eigenvalue weighted by atomic mass is 16.6. The molecule has 0 bridgehead atoms. The van der Waals surface area contributed by atoms with Crippen LogP contribution in [0, 0.1) is 5.92 Å². The van der Waals surface area contributed by atoms with Crippen molar-refractivity contribution in [3.63, 3.8) is 0 Å². The molecule has 1 N–H and O–H groups in total. The van der Waals surface area contributed by atoms with Crippen LogP contribution in [0.4, 0.5) is 0 Å². The lowest BCUT2D eigenvalue weighted by atomic mass is 9.94. The van der Waals surface area contributed by atoms with Crippen LogP contribution < -0.4 is 0 Å². The lowest BCUT2D eigenvalue weighted by Crippen LogP contribution is -2.15. The van der Waals surface area contributed by atoms with Crippen molar-refractivity contribution in [2.45, 2.75) is 76.6 Å². The summed E-state index contributed by atoms with van der Waals surface area (Å²) in [6, 6.07) is 0. The first-order valence-corrected chi connectivity index (χ1v) is 7.72. The Morgan fingerprint density at radius 1 is 0.944 bits per heavy atom. The fourth-order valence-corrected chi connectivity index (χ4v) is 2.75. The van der Waals surface area contributed by atoms with Crippen molar-refractivity contribution in [3.8, 4) is 0 Å². The standard InChI is InChI=1S/C15H28O3/c1-2-3-4-7-12(16)8-5-6-9-13(14-10-17-14)15-11-18-15/h12-16H,2-11H2,1H3. The van der Waals surface area contributed by atoms with Gasteiger partial charge in [-0.15, -0.1) is 0 Å². The molecule has 0 spiro atoms. The minimum absolute atomic E-state index is 0.0793. The van der Waals surface area contributed by atoms with Crippen molar-refractivity contribution in [1.29, 1.82) is 0 Å². The predicted molar refractivity (Wildman–Crippen MR) is 71.6 cm³/mol. The Bertz CT molecular complexity index is 212. The van der Waals surface area contributed by atoms with Crippen LogP contribution in [0.15, 0.2) is 0 Å². The molecule has 0 aliphatic carbocycles. The highest BCUT2D eigenvalue weighted by Gasteiger charge is 2.43. The van der Waals surface area contributed by atoms with Crippen LogP contribution >= 0.6 is 0 Å². The Balaban J connectivity index is 1.47. The fraction of sp³-hybridized carbons (Fsp3) is 1.00. The van der Waals surface area contributed by atoms with Gasteiger partial charge in [0.15, 0.2) is 0 Å². The normalized spacial score (nSPS) is 29.0. The maximum absolute atomic E-state index is 9.83. The summed E-state index contributed by atoms with van der Waals surface area (Å²) in [5, 5.41) is 9.83. The van der Waals surface area contributed by atoms with Crippen LogP contribution in [0.3, 0.4) is 0 Å². The first kappa shape index (κ1) is 14.3. The Morgan fingerprint density at radius 3 is 1.94 bits per heavy atom. The first-order chi connectivity index (χ1) is 8.81. The van der Waals surface area contributed by atoms with E-state index in [0.717, 1.165) is 32.5 Å². The molecule has 0 amide bonds. The van der Waals surface area contributed by atoms with Crippen molar-refractivity contribution in [1.82, 2.24) is 0 Å². The van der Waals surface area contributed by atoms with E-state index >= 15 is 0 Å². The Labute approximate surface area is 111 Å². The van der Waals surface area contributed by atoms with Crippen LogP contribution in [-0.2, 0) is 9.47 Å². The van der Waals surface area contributed by atoms with Gasteiger partial charge in [0.1, 0.15) is 0 Å². The van der Waals surface area contributed by atoms with Crippen LogP contribution in [0.1, 0.15) is 58.3 Å². The molecule has 3 unspecified atom stereocenters. The second-order valence-corrected chi connectivity index (χ2v) is 5.84. The smallest absolute Gasteiger partial charge is 0.0863 e. The zero-order valence-corrected chi connectivity index (χ0v) is 11.6. The van der Waals surface area contributed by atoms with Gasteiger partial charge in [-0.1, -0.05) is 39.0 Å². The lowest BCUT2D eigenvalue weighted by Gasteiger charge is -2.13. The van der Waals surface area contributed by atoms with E-state index in [1.54, 1.807) is 0 Å². The molecule has 2 rings (SSSR count). The van der Waals surface area contributed by atoms with E-state index in [1.807, 2.05) is 0 Å². The molecule has 3 heteroatoms. The van der Waals surface area contributed by atoms with E-state index in [4.69, 9.17) is 9.47 Å². The molecule has 2 heterocycles. The van der Waals surface area contributed by atoms with E-state index < -0.39 is 0 Å². The topological polar surface area (TPSA) is 45.3 Å². The summed E-state index contributed by atoms with van der Waals surface area (Å²) < 4.78 is 10.8. The SMILES string of the molecule is CCCCCC(O)CCCCC(C1CO1)C1CO1. The zero-order valence-electron chi connectivity index (χ0n) is 11.6. The minimum atomic E-state index is -0.0793. The summed E-state index contributed by atoms with van der Waals surface area (Å²) in [6.07, 6.45) is 10.0. The maximum atomic E-state index is 9.83. The van der Waals surface area contributed by atoms with E-state index in [-0.39, 0.29) is 6.10 Å². The molecule has 2 fully saturated rings. The van der Waals surface area contributed by atoms with Gasteiger partial charge in [0, 0.05) is 5.92 Å². The van der Waals surface area contributed by atoms with Crippen molar-refractivity contribution in [2.75, 3.05) is 13.2 Å². The minimum Gasteiger partial charge on any atom is -0.393 e. The Morgan fingerprint density at radius 2 is 1.44 bits per heavy atom. The summed E-state index contributed by atoms with van der Waals surface area (Å²) in [5.74, 6) is 0.627. The second kappa shape index (κ2) is 7.46. The number of ether oxygens (including phenoxy) is 2. The number of rotatable bonds is 11. The molecule has 106 valence electrons. The molecule has 2 aliphatic rings. The summed E-state index contributed by atoms with van der Waals surface area (Å²) in [7, 11) is 0. The van der Waals surface area contributed by atoms with Gasteiger partial charge in [-0.3, -0.25) is 0 Å². The average Bonchev–Trinajstić information content (AvgIpc) is 3.22. The number of epoxide rings is 2. The third-order valence-electron chi connectivity index (χ3n) is 4.14. The summed E-state index contributed by atoms with van der Waals surface area (Å²) in [6.45, 7) is 4.07. The quantitative estimate of drug-likeness (QED) is 0.456. The van der Waals surface area contributed by atoms with Crippen molar-refractivity contribution < 1.29 is 14.6 Å². The average molecular weight is 256 g/mol. The summed E-state index contributed by atoms with van der Waals surface area (Å²) in [5.41, 5.74) is 0. The highest BCUT2D eigenvalue weighted by Crippen LogP contribution is 2.34. The van der Waals surface area contributed by atoms with Crippen molar-refractivity contribution >= 4 is 0 Å². The van der Waals surface area contributed by atoms with Gasteiger partial charge in [-0.25, -0.2) is 0 Å². The molecular formula is C15H28O3. The first-order valence-electron chi connectivity index (χ1n) is 7.72. The second-order valence-electron chi connectivity index (χ2n) is 5.84. The largest absolute Gasteiger partial charge is 0.393 e. The van der Waals surface area contributed by atoms with Gasteiger partial charge in [0.2, 0.25) is 0 Å². The van der Waals surface area contributed by atoms with E-state index in [9.17, 15) is 5.11 Å². The highest BCUT2D eigenvalue weighted by molar-refractivity contribution is 4.90. The molecule has 3 atom stereocenters. The Hall–Kier alpha value is -0.120. The van der Waals surface area contributed by atoms with Gasteiger partial charge in [0.25, 0.3) is 0 Å². The maximum Gasteiger partial charge on any atom is 0.0863 e. The predicted octanol–water partition coefficient (Wildman–Crippen LogP) is 2.90. The van der Waals surface area contributed by atoms with Crippen LogP contribution in [0.2, 0.25) is 0 Å². The fourth-order valence-electron chi connectivity index (χ4n) is 2.75.